The van der Waals surface area contributed by atoms with Gasteiger partial charge in [0, 0.05) is 25.2 Å². The Bertz CT molecular complexity index is 735. The molecule has 1 atom stereocenters. The van der Waals surface area contributed by atoms with Crippen molar-refractivity contribution in [2.24, 2.45) is 0 Å². The fourth-order valence-corrected chi connectivity index (χ4v) is 2.52. The van der Waals surface area contributed by atoms with Gasteiger partial charge in [0.1, 0.15) is 0 Å². The van der Waals surface area contributed by atoms with Gasteiger partial charge in [-0.2, -0.15) is 0 Å². The van der Waals surface area contributed by atoms with Gasteiger partial charge in [-0.1, -0.05) is 0 Å². The standard InChI is InChI=1S/C13H15N3O5/c1-9-7-14(4-5-20-9)8-15-11-6-10(16(18)19)2-3-12(11)21-13(15)17/h2-3,6,9H,4-5,7-8H2,1H3. The van der Waals surface area contributed by atoms with E-state index in [1.165, 1.54) is 22.8 Å². The zero-order valence-electron chi connectivity index (χ0n) is 11.5. The first-order valence-corrected chi connectivity index (χ1v) is 6.66. The number of nitro groups is 1. The maximum atomic E-state index is 11.9. The molecule has 2 heterocycles. The van der Waals surface area contributed by atoms with Crippen LogP contribution in [0.5, 0.6) is 0 Å². The third-order valence-corrected chi connectivity index (χ3v) is 3.53. The van der Waals surface area contributed by atoms with Crippen LogP contribution in [-0.2, 0) is 11.4 Å². The van der Waals surface area contributed by atoms with Crippen LogP contribution < -0.4 is 5.76 Å². The molecule has 0 amide bonds. The highest BCUT2D eigenvalue weighted by Crippen LogP contribution is 2.20. The van der Waals surface area contributed by atoms with Gasteiger partial charge in [0.25, 0.3) is 5.69 Å². The van der Waals surface area contributed by atoms with E-state index in [4.69, 9.17) is 9.15 Å². The van der Waals surface area contributed by atoms with Crippen molar-refractivity contribution >= 4 is 16.8 Å². The Labute approximate surface area is 119 Å². The van der Waals surface area contributed by atoms with Crippen molar-refractivity contribution in [1.29, 1.82) is 0 Å². The van der Waals surface area contributed by atoms with Gasteiger partial charge in [-0.3, -0.25) is 19.6 Å². The molecule has 1 unspecified atom stereocenters. The molecule has 1 aliphatic heterocycles. The Kier molecular flexibility index (Phi) is 3.48. The molecular formula is C13H15N3O5. The zero-order chi connectivity index (χ0) is 15.0. The van der Waals surface area contributed by atoms with Gasteiger partial charge in [-0.15, -0.1) is 0 Å². The first-order chi connectivity index (χ1) is 10.0. The van der Waals surface area contributed by atoms with Gasteiger partial charge in [0.05, 0.1) is 29.8 Å². The van der Waals surface area contributed by atoms with Gasteiger partial charge in [-0.25, -0.2) is 4.79 Å². The Morgan fingerprint density at radius 2 is 2.29 bits per heavy atom. The van der Waals surface area contributed by atoms with Crippen LogP contribution >= 0.6 is 0 Å². The molecule has 8 heteroatoms. The fraction of sp³-hybridized carbons (Fsp3) is 0.462. The highest BCUT2D eigenvalue weighted by Gasteiger charge is 2.20. The van der Waals surface area contributed by atoms with E-state index in [1.54, 1.807) is 0 Å². The van der Waals surface area contributed by atoms with E-state index in [-0.39, 0.29) is 11.8 Å². The smallest absolute Gasteiger partial charge is 0.408 e. The van der Waals surface area contributed by atoms with Crippen molar-refractivity contribution in [3.63, 3.8) is 0 Å². The highest BCUT2D eigenvalue weighted by molar-refractivity contribution is 5.75. The Morgan fingerprint density at radius 1 is 1.48 bits per heavy atom. The second-order valence-corrected chi connectivity index (χ2v) is 5.10. The summed E-state index contributed by atoms with van der Waals surface area (Å²) in [7, 11) is 0. The van der Waals surface area contributed by atoms with Gasteiger partial charge >= 0.3 is 5.76 Å². The molecule has 0 N–H and O–H groups in total. The topological polar surface area (TPSA) is 90.8 Å². The van der Waals surface area contributed by atoms with E-state index >= 15 is 0 Å². The normalized spacial score (nSPS) is 20.0. The summed E-state index contributed by atoms with van der Waals surface area (Å²) < 4.78 is 12.0. The third-order valence-electron chi connectivity index (χ3n) is 3.53. The minimum Gasteiger partial charge on any atom is -0.408 e. The average Bonchev–Trinajstić information content (AvgIpc) is 2.74. The number of non-ortho nitro benzene ring substituents is 1. The Morgan fingerprint density at radius 3 is 3.00 bits per heavy atom. The Hall–Kier alpha value is -2.19. The van der Waals surface area contributed by atoms with Crippen LogP contribution in [0.3, 0.4) is 0 Å². The minimum absolute atomic E-state index is 0.0626. The monoisotopic (exact) mass is 293 g/mol. The molecule has 1 aromatic heterocycles. The van der Waals surface area contributed by atoms with Crippen molar-refractivity contribution in [3.05, 3.63) is 38.9 Å². The van der Waals surface area contributed by atoms with Crippen LogP contribution in [0.1, 0.15) is 6.92 Å². The summed E-state index contributed by atoms with van der Waals surface area (Å²) in [4.78, 5) is 24.4. The van der Waals surface area contributed by atoms with Crippen LogP contribution in [0, 0.1) is 10.1 Å². The van der Waals surface area contributed by atoms with Crippen LogP contribution in [-0.4, -0.2) is 40.2 Å². The maximum absolute atomic E-state index is 11.9. The number of nitro benzene ring substituents is 1. The Balaban J connectivity index is 1.96. The average molecular weight is 293 g/mol. The number of aromatic nitrogens is 1. The molecule has 8 nitrogen and oxygen atoms in total. The summed E-state index contributed by atoms with van der Waals surface area (Å²) in [6, 6.07) is 4.14. The van der Waals surface area contributed by atoms with E-state index < -0.39 is 10.7 Å². The summed E-state index contributed by atoms with van der Waals surface area (Å²) in [5.41, 5.74) is 0.729. The van der Waals surface area contributed by atoms with Gasteiger partial charge in [0.2, 0.25) is 0 Å². The first kappa shape index (κ1) is 13.8. The SMILES string of the molecule is CC1CN(Cn2c(=O)oc3ccc([N+](=O)[O-])cc32)CCO1. The lowest BCUT2D eigenvalue weighted by Crippen LogP contribution is -2.43. The van der Waals surface area contributed by atoms with E-state index in [2.05, 4.69) is 4.90 Å². The molecule has 0 bridgehead atoms. The van der Waals surface area contributed by atoms with Crippen LogP contribution in [0.25, 0.3) is 11.1 Å². The number of ether oxygens (including phenoxy) is 1. The number of morpholine rings is 1. The lowest BCUT2D eigenvalue weighted by molar-refractivity contribution is -0.384. The second kappa shape index (κ2) is 5.30. The number of nitrogens with zero attached hydrogens (tertiary/aromatic N) is 3. The summed E-state index contributed by atoms with van der Waals surface area (Å²) in [6.45, 7) is 4.31. The predicted octanol–water partition coefficient (Wildman–Crippen LogP) is 1.18. The molecule has 112 valence electrons. The molecule has 0 saturated carbocycles. The van der Waals surface area contributed by atoms with Crippen molar-refractivity contribution in [2.45, 2.75) is 19.7 Å². The molecule has 1 aromatic carbocycles. The van der Waals surface area contributed by atoms with Gasteiger partial charge in [0.15, 0.2) is 5.58 Å². The van der Waals surface area contributed by atoms with Crippen molar-refractivity contribution < 1.29 is 14.1 Å². The van der Waals surface area contributed by atoms with E-state index in [0.717, 1.165) is 0 Å². The molecular weight excluding hydrogens is 278 g/mol. The molecule has 1 aliphatic rings. The number of oxazole rings is 1. The maximum Gasteiger partial charge on any atom is 0.421 e. The zero-order valence-corrected chi connectivity index (χ0v) is 11.5. The number of hydrogen-bond acceptors (Lipinski definition) is 6. The van der Waals surface area contributed by atoms with Crippen molar-refractivity contribution in [2.75, 3.05) is 19.7 Å². The lowest BCUT2D eigenvalue weighted by atomic mass is 10.3. The van der Waals surface area contributed by atoms with Crippen LogP contribution in [0.15, 0.2) is 27.4 Å². The second-order valence-electron chi connectivity index (χ2n) is 5.10. The quantitative estimate of drug-likeness (QED) is 0.623. The van der Waals surface area contributed by atoms with Gasteiger partial charge in [-0.05, 0) is 13.0 Å². The largest absolute Gasteiger partial charge is 0.421 e. The van der Waals surface area contributed by atoms with E-state index in [1.807, 2.05) is 6.92 Å². The van der Waals surface area contributed by atoms with Crippen molar-refractivity contribution in [3.8, 4) is 0 Å². The summed E-state index contributed by atoms with van der Waals surface area (Å²) in [5.74, 6) is -0.510. The molecule has 1 fully saturated rings. The van der Waals surface area contributed by atoms with Crippen LogP contribution in [0.2, 0.25) is 0 Å². The minimum atomic E-state index is -0.510. The van der Waals surface area contributed by atoms with E-state index in [9.17, 15) is 14.9 Å². The highest BCUT2D eigenvalue weighted by atomic mass is 16.6. The lowest BCUT2D eigenvalue weighted by Gasteiger charge is -2.30. The molecule has 0 aliphatic carbocycles. The molecule has 0 radical (unpaired) electrons. The van der Waals surface area contributed by atoms with Gasteiger partial charge < -0.3 is 9.15 Å². The summed E-state index contributed by atoms with van der Waals surface area (Å²) >= 11 is 0. The number of rotatable bonds is 3. The molecule has 3 rings (SSSR count). The summed E-state index contributed by atoms with van der Waals surface area (Å²) in [6.07, 6.45) is 0.0990. The number of fused-ring (bicyclic) bond motifs is 1. The number of benzene rings is 1. The molecule has 1 saturated heterocycles. The van der Waals surface area contributed by atoms with Crippen molar-refractivity contribution in [1.82, 2.24) is 9.47 Å². The number of hydrogen-bond donors (Lipinski definition) is 0. The fourth-order valence-electron chi connectivity index (χ4n) is 2.52. The molecule has 0 spiro atoms. The predicted molar refractivity (Wildman–Crippen MR) is 74.1 cm³/mol. The summed E-state index contributed by atoms with van der Waals surface area (Å²) in [5, 5.41) is 10.9. The van der Waals surface area contributed by atoms with Crippen LogP contribution in [0.4, 0.5) is 5.69 Å². The van der Waals surface area contributed by atoms with E-state index in [0.29, 0.717) is 37.5 Å². The molecule has 21 heavy (non-hydrogen) atoms. The first-order valence-electron chi connectivity index (χ1n) is 6.66. The molecule has 2 aromatic rings. The third kappa shape index (κ3) is 2.67.